The number of para-hydroxylation sites is 4. The molecule has 2 heterocycles. The molecular formula is C37H27BF2N4O2. The van der Waals surface area contributed by atoms with Crippen molar-refractivity contribution in [3.8, 4) is 0 Å². The van der Waals surface area contributed by atoms with Gasteiger partial charge >= 0.3 is 7.11 Å². The lowest BCUT2D eigenvalue weighted by Gasteiger charge is -2.25. The number of hydrogen-bond acceptors (Lipinski definition) is 5. The van der Waals surface area contributed by atoms with Crippen molar-refractivity contribution in [2.24, 2.45) is 0 Å². The number of benzene rings is 5. The number of ketones is 1. The molecule has 0 saturated heterocycles. The van der Waals surface area contributed by atoms with E-state index < -0.39 is 7.11 Å². The van der Waals surface area contributed by atoms with Crippen LogP contribution in [0, 0.1) is 0 Å². The summed E-state index contributed by atoms with van der Waals surface area (Å²) >= 11 is 0. The molecule has 6 aromatic rings. The van der Waals surface area contributed by atoms with Crippen LogP contribution in [0.25, 0.3) is 5.76 Å². The molecule has 0 atom stereocenters. The number of allylic oxidation sites excluding steroid dienone is 1. The minimum atomic E-state index is -4.66. The van der Waals surface area contributed by atoms with Crippen molar-refractivity contribution in [3.05, 3.63) is 175 Å². The zero-order chi connectivity index (χ0) is 31.3. The van der Waals surface area contributed by atoms with E-state index in [9.17, 15) is 8.63 Å². The van der Waals surface area contributed by atoms with Crippen LogP contribution in [0.15, 0.2) is 164 Å². The maximum absolute atomic E-state index is 14.9. The van der Waals surface area contributed by atoms with Gasteiger partial charge in [0.25, 0.3) is 5.78 Å². The van der Waals surface area contributed by atoms with E-state index in [1.807, 2.05) is 138 Å². The molecule has 224 valence electrons. The molecule has 1 aliphatic rings. The fourth-order valence-electron chi connectivity index (χ4n) is 5.32. The van der Waals surface area contributed by atoms with E-state index in [0.29, 0.717) is 11.3 Å². The molecule has 0 bridgehead atoms. The number of anilines is 6. The van der Waals surface area contributed by atoms with Gasteiger partial charge in [0.2, 0.25) is 0 Å². The number of aromatic nitrogens is 2. The molecule has 0 unspecified atom stereocenters. The summed E-state index contributed by atoms with van der Waals surface area (Å²) in [6.45, 7) is 0. The van der Waals surface area contributed by atoms with Gasteiger partial charge in [0, 0.05) is 28.4 Å². The Morgan fingerprint density at radius 1 is 0.500 bits per heavy atom. The molecule has 0 fully saturated rings. The van der Waals surface area contributed by atoms with Gasteiger partial charge in [-0.2, -0.15) is 0 Å². The van der Waals surface area contributed by atoms with Gasteiger partial charge < -0.3 is 27.4 Å². The molecule has 5 aromatic carbocycles. The number of nitrogens with zero attached hydrogens (tertiary/aromatic N) is 4. The summed E-state index contributed by atoms with van der Waals surface area (Å²) in [7, 11) is -4.66. The standard InChI is InChI=1S/C37H27BF2N4O2/c39-38(40)45-35(28-21-23-33(24-22-28)43(29-13-5-1-6-14-29)30-15-7-2-8-16-30)25-36(46-38)37-41-26-34(27-42-37)44(31-17-9-3-10-18-31)32-19-11-4-12-20-32/h1-27H. The fourth-order valence-corrected chi connectivity index (χ4v) is 5.32. The van der Waals surface area contributed by atoms with Crippen LogP contribution in [0.5, 0.6) is 0 Å². The Balaban J connectivity index is 1.19. The number of halogens is 2. The van der Waals surface area contributed by atoms with E-state index in [1.165, 1.54) is 6.08 Å². The molecule has 0 saturated carbocycles. The highest BCUT2D eigenvalue weighted by Gasteiger charge is 2.53. The highest BCUT2D eigenvalue weighted by molar-refractivity contribution is 6.52. The average molecular weight is 608 g/mol. The predicted molar refractivity (Wildman–Crippen MR) is 179 cm³/mol. The van der Waals surface area contributed by atoms with E-state index in [2.05, 4.69) is 14.9 Å². The molecular weight excluding hydrogens is 581 g/mol. The van der Waals surface area contributed by atoms with Crippen LogP contribution < -0.4 is 9.80 Å². The van der Waals surface area contributed by atoms with Gasteiger partial charge in [0.15, 0.2) is 5.82 Å². The van der Waals surface area contributed by atoms with Crippen molar-refractivity contribution in [2.75, 3.05) is 9.80 Å². The van der Waals surface area contributed by atoms with E-state index in [1.54, 1.807) is 24.5 Å². The zero-order valence-electron chi connectivity index (χ0n) is 24.5. The lowest BCUT2D eigenvalue weighted by Crippen LogP contribution is -2.31. The Hall–Kier alpha value is -6.09. The first-order chi connectivity index (χ1) is 22.5. The molecule has 7 rings (SSSR count). The summed E-state index contributed by atoms with van der Waals surface area (Å²) in [5.74, 6) is -0.196. The first-order valence-electron chi connectivity index (χ1n) is 14.7. The minimum Gasteiger partial charge on any atom is -0.567 e. The maximum atomic E-state index is 14.9. The summed E-state index contributed by atoms with van der Waals surface area (Å²) in [6.07, 6.45) is 4.58. The molecule has 0 radical (unpaired) electrons. The smallest absolute Gasteiger partial charge is 0.567 e. The molecule has 0 N–H and O–H groups in total. The van der Waals surface area contributed by atoms with E-state index in [0.717, 1.165) is 28.4 Å². The molecule has 46 heavy (non-hydrogen) atoms. The predicted octanol–water partition coefficient (Wildman–Crippen LogP) is 9.58. The summed E-state index contributed by atoms with van der Waals surface area (Å²) in [4.78, 5) is 12.9. The van der Waals surface area contributed by atoms with Gasteiger partial charge in [-0.25, -0.2) is 9.97 Å². The van der Waals surface area contributed by atoms with Crippen LogP contribution in [-0.4, -0.2) is 22.9 Å². The molecule has 1 aromatic heterocycles. The van der Waals surface area contributed by atoms with Crippen LogP contribution in [-0.2, 0) is 4.65 Å². The SMILES string of the molecule is F[B-]1(F)OC(c2ncc(N(c3ccccc3)c3ccccc3)cn2)=CC(c2ccc(N(c3ccccc3)c3ccccc3)cc2)=[O+]1. The third kappa shape index (κ3) is 6.12. The summed E-state index contributed by atoms with van der Waals surface area (Å²) in [5, 5.41) is 0. The number of carbonyl (C=O) groups excluding carboxylic acids is 1. The molecule has 0 aliphatic carbocycles. The van der Waals surface area contributed by atoms with Crippen molar-refractivity contribution in [3.63, 3.8) is 0 Å². The molecule has 1 aliphatic heterocycles. The second-order valence-corrected chi connectivity index (χ2v) is 10.5. The highest BCUT2D eigenvalue weighted by atomic mass is 19.3. The Labute approximate surface area is 265 Å². The third-order valence-electron chi connectivity index (χ3n) is 7.37. The number of hydrogen-bond donors (Lipinski definition) is 0. The minimum absolute atomic E-state index is 0.0168. The van der Waals surface area contributed by atoms with Crippen LogP contribution in [0.4, 0.5) is 42.8 Å². The third-order valence-corrected chi connectivity index (χ3v) is 7.37. The Kier molecular flexibility index (Phi) is 7.79. The van der Waals surface area contributed by atoms with Crippen molar-refractivity contribution < 1.29 is 17.6 Å². The number of rotatable bonds is 8. The van der Waals surface area contributed by atoms with Gasteiger partial charge in [0.05, 0.1) is 29.7 Å². The largest absolute Gasteiger partial charge is 0.995 e. The van der Waals surface area contributed by atoms with Crippen molar-refractivity contribution >= 4 is 52.8 Å². The monoisotopic (exact) mass is 608 g/mol. The van der Waals surface area contributed by atoms with E-state index in [-0.39, 0.29) is 17.4 Å². The average Bonchev–Trinajstić information content (AvgIpc) is 3.10. The van der Waals surface area contributed by atoms with Gasteiger partial charge in [-0.15, -0.1) is 0 Å². The first kappa shape index (κ1) is 28.7. The summed E-state index contributed by atoms with van der Waals surface area (Å²) < 4.78 is 39.7. The molecule has 9 heteroatoms. The highest BCUT2D eigenvalue weighted by Crippen LogP contribution is 2.36. The maximum Gasteiger partial charge on any atom is 0.995 e. The Morgan fingerprint density at radius 2 is 0.891 bits per heavy atom. The Morgan fingerprint density at radius 3 is 1.33 bits per heavy atom. The van der Waals surface area contributed by atoms with E-state index >= 15 is 0 Å². The van der Waals surface area contributed by atoms with Crippen LogP contribution >= 0.6 is 0 Å². The molecule has 0 spiro atoms. The van der Waals surface area contributed by atoms with Crippen LogP contribution in [0.3, 0.4) is 0 Å². The van der Waals surface area contributed by atoms with Crippen LogP contribution in [0.1, 0.15) is 15.7 Å². The second kappa shape index (κ2) is 12.5. The molecule has 0 amide bonds. The van der Waals surface area contributed by atoms with Gasteiger partial charge in [0.1, 0.15) is 5.76 Å². The zero-order valence-corrected chi connectivity index (χ0v) is 24.5. The molecule has 6 nitrogen and oxygen atoms in total. The normalized spacial score (nSPS) is 13.6. The van der Waals surface area contributed by atoms with Crippen molar-refractivity contribution in [1.82, 2.24) is 9.97 Å². The lowest BCUT2D eigenvalue weighted by molar-refractivity contribution is -0.183. The quantitative estimate of drug-likeness (QED) is 0.127. The second-order valence-electron chi connectivity index (χ2n) is 10.5. The van der Waals surface area contributed by atoms with Crippen molar-refractivity contribution in [1.29, 1.82) is 0 Å². The van der Waals surface area contributed by atoms with E-state index in [4.69, 9.17) is 9.00 Å². The Bertz CT molecular complexity index is 1900. The summed E-state index contributed by atoms with van der Waals surface area (Å²) in [5.41, 5.74) is 5.71. The topological polar surface area (TPSA) is 52.8 Å². The summed E-state index contributed by atoms with van der Waals surface area (Å²) in [6, 6.07) is 46.6. The van der Waals surface area contributed by atoms with Gasteiger partial charge in [-0.05, 0) is 72.8 Å². The van der Waals surface area contributed by atoms with Crippen LogP contribution in [0.2, 0.25) is 0 Å². The van der Waals surface area contributed by atoms with Gasteiger partial charge in [-0.3, -0.25) is 0 Å². The van der Waals surface area contributed by atoms with Crippen molar-refractivity contribution in [2.45, 2.75) is 0 Å². The fraction of sp³-hybridized carbons (Fsp3) is 0. The lowest BCUT2D eigenvalue weighted by atomic mass is 10.0. The van der Waals surface area contributed by atoms with Gasteiger partial charge in [-0.1, -0.05) is 72.8 Å². The first-order valence-corrected chi connectivity index (χ1v) is 14.7.